The maximum atomic E-state index is 13.0. The first-order chi connectivity index (χ1) is 13.6. The van der Waals surface area contributed by atoms with Gasteiger partial charge in [-0.05, 0) is 36.5 Å². The average molecular weight is 411 g/mol. The van der Waals surface area contributed by atoms with E-state index in [-0.39, 0.29) is 10.8 Å². The van der Waals surface area contributed by atoms with Crippen LogP contribution in [0.25, 0.3) is 22.4 Å². The van der Waals surface area contributed by atoms with E-state index in [1.165, 1.54) is 0 Å². The minimum atomic E-state index is -0.0380. The minimum absolute atomic E-state index is 0.0158. The first-order valence-corrected chi connectivity index (χ1v) is 10.3. The van der Waals surface area contributed by atoms with Crippen molar-refractivity contribution >= 4 is 11.6 Å². The Morgan fingerprint density at radius 3 is 2.48 bits per heavy atom. The van der Waals surface area contributed by atoms with Gasteiger partial charge in [0.05, 0.1) is 17.8 Å². The molecule has 0 amide bonds. The molecule has 0 bridgehead atoms. The molecule has 1 saturated heterocycles. The number of hydrogen-bond acceptors (Lipinski definition) is 3. The van der Waals surface area contributed by atoms with Crippen LogP contribution >= 0.6 is 11.6 Å². The van der Waals surface area contributed by atoms with Crippen LogP contribution in [0.15, 0.2) is 35.4 Å². The quantitative estimate of drug-likeness (QED) is 0.662. The number of H-pyrrole nitrogens is 1. The van der Waals surface area contributed by atoms with E-state index >= 15 is 0 Å². The van der Waals surface area contributed by atoms with Gasteiger partial charge in [-0.2, -0.15) is 5.10 Å². The average Bonchev–Trinajstić information content (AvgIpc) is 3.02. The van der Waals surface area contributed by atoms with Crippen LogP contribution in [0.5, 0.6) is 0 Å². The topological polar surface area (TPSA) is 62.7 Å². The fraction of sp³-hybridized carbons (Fsp3) is 0.391. The van der Waals surface area contributed by atoms with E-state index in [9.17, 15) is 4.79 Å². The van der Waals surface area contributed by atoms with E-state index in [1.807, 2.05) is 23.9 Å². The number of hydrogen-bond donors (Lipinski definition) is 2. The Bertz CT molecular complexity index is 1130. The molecule has 1 aliphatic heterocycles. The van der Waals surface area contributed by atoms with Crippen molar-refractivity contribution in [2.24, 2.45) is 0 Å². The minimum Gasteiger partial charge on any atom is -0.358 e. The first kappa shape index (κ1) is 19.9. The molecule has 0 saturated carbocycles. The number of nitrogens with zero attached hydrogens (tertiary/aromatic N) is 2. The highest BCUT2D eigenvalue weighted by Gasteiger charge is 2.22. The van der Waals surface area contributed by atoms with Crippen LogP contribution in [0.4, 0.5) is 0 Å². The molecule has 0 radical (unpaired) electrons. The van der Waals surface area contributed by atoms with Gasteiger partial charge in [0.15, 0.2) is 5.43 Å². The zero-order valence-electron chi connectivity index (χ0n) is 17.6. The Labute approximate surface area is 176 Å². The summed E-state index contributed by atoms with van der Waals surface area (Å²) in [6.45, 7) is 12.3. The summed E-state index contributed by atoms with van der Waals surface area (Å²) >= 11 is 6.59. The predicted molar refractivity (Wildman–Crippen MR) is 119 cm³/mol. The molecule has 6 heteroatoms. The van der Waals surface area contributed by atoms with E-state index in [4.69, 9.17) is 11.6 Å². The summed E-state index contributed by atoms with van der Waals surface area (Å²) in [6.07, 6.45) is 3.73. The van der Waals surface area contributed by atoms with Crippen molar-refractivity contribution in [1.29, 1.82) is 0 Å². The molecule has 3 aromatic rings. The van der Waals surface area contributed by atoms with Crippen LogP contribution in [-0.2, 0) is 5.41 Å². The molecular weight excluding hydrogens is 384 g/mol. The molecule has 0 spiro atoms. The van der Waals surface area contributed by atoms with Gasteiger partial charge in [-0.1, -0.05) is 38.4 Å². The van der Waals surface area contributed by atoms with Gasteiger partial charge >= 0.3 is 0 Å². The number of rotatable bonds is 3. The van der Waals surface area contributed by atoms with Gasteiger partial charge in [0, 0.05) is 52.9 Å². The van der Waals surface area contributed by atoms with Crippen LogP contribution in [0, 0.1) is 13.8 Å². The summed E-state index contributed by atoms with van der Waals surface area (Å²) in [5.74, 6) is 0. The van der Waals surface area contributed by atoms with Crippen molar-refractivity contribution in [3.05, 3.63) is 62.7 Å². The molecule has 152 valence electrons. The zero-order valence-corrected chi connectivity index (χ0v) is 18.3. The number of aromatic nitrogens is 3. The predicted octanol–water partition coefficient (Wildman–Crippen LogP) is 4.62. The highest BCUT2D eigenvalue weighted by molar-refractivity contribution is 6.31. The summed E-state index contributed by atoms with van der Waals surface area (Å²) in [7, 11) is 0. The summed E-state index contributed by atoms with van der Waals surface area (Å²) in [4.78, 5) is 16.4. The molecule has 2 aromatic heterocycles. The van der Waals surface area contributed by atoms with Gasteiger partial charge in [0.25, 0.3) is 0 Å². The Kier molecular flexibility index (Phi) is 4.91. The molecule has 1 aromatic carbocycles. The van der Waals surface area contributed by atoms with E-state index < -0.39 is 0 Å². The second-order valence-corrected chi connectivity index (χ2v) is 9.37. The number of aromatic amines is 1. The molecule has 3 heterocycles. The number of pyridine rings is 1. The standard InChI is InChI=1S/C23H27ClN4O/c1-13-6-18(23(3,4)5)19(24)7-17(13)20-8-21(29)22(14(2)27-20)15-9-26-28(12-15)16-10-25-11-16/h6-9,12,16,25H,10-11H2,1-5H3,(H,27,29). The fourth-order valence-electron chi connectivity index (χ4n) is 3.87. The molecular formula is C23H27ClN4O. The maximum Gasteiger partial charge on any atom is 0.190 e. The smallest absolute Gasteiger partial charge is 0.190 e. The molecule has 2 N–H and O–H groups in total. The van der Waals surface area contributed by atoms with Gasteiger partial charge < -0.3 is 10.3 Å². The Morgan fingerprint density at radius 2 is 1.90 bits per heavy atom. The van der Waals surface area contributed by atoms with Gasteiger partial charge in [-0.15, -0.1) is 0 Å². The van der Waals surface area contributed by atoms with E-state index in [2.05, 4.69) is 49.2 Å². The van der Waals surface area contributed by atoms with Crippen LogP contribution < -0.4 is 10.7 Å². The van der Waals surface area contributed by atoms with Crippen molar-refractivity contribution in [3.63, 3.8) is 0 Å². The third kappa shape index (κ3) is 3.65. The highest BCUT2D eigenvalue weighted by atomic mass is 35.5. The van der Waals surface area contributed by atoms with Crippen molar-refractivity contribution in [1.82, 2.24) is 20.1 Å². The molecule has 0 atom stereocenters. The SMILES string of the molecule is Cc1cc(C(C)(C)C)c(Cl)cc1-c1cc(=O)c(-c2cnn(C3CNC3)c2)c(C)[nH]1. The van der Waals surface area contributed by atoms with Crippen molar-refractivity contribution in [2.75, 3.05) is 13.1 Å². The lowest BCUT2D eigenvalue weighted by atomic mass is 9.85. The number of nitrogens with one attached hydrogen (secondary N) is 2. The normalized spacial score (nSPS) is 14.8. The van der Waals surface area contributed by atoms with Gasteiger partial charge in [0.1, 0.15) is 0 Å². The Morgan fingerprint density at radius 1 is 1.17 bits per heavy atom. The maximum absolute atomic E-state index is 13.0. The molecule has 29 heavy (non-hydrogen) atoms. The van der Waals surface area contributed by atoms with Crippen molar-refractivity contribution < 1.29 is 0 Å². The zero-order chi connectivity index (χ0) is 20.9. The van der Waals surface area contributed by atoms with E-state index in [1.54, 1.807) is 12.3 Å². The highest BCUT2D eigenvalue weighted by Crippen LogP contribution is 2.35. The fourth-order valence-corrected chi connectivity index (χ4v) is 4.31. The van der Waals surface area contributed by atoms with Crippen molar-refractivity contribution in [2.45, 2.75) is 46.1 Å². The molecule has 4 rings (SSSR count). The molecule has 5 nitrogen and oxygen atoms in total. The number of halogens is 1. The summed E-state index contributed by atoms with van der Waals surface area (Å²) in [6, 6.07) is 6.12. The first-order valence-electron chi connectivity index (χ1n) is 9.95. The van der Waals surface area contributed by atoms with Gasteiger partial charge in [-0.25, -0.2) is 0 Å². The van der Waals surface area contributed by atoms with Crippen LogP contribution in [0.2, 0.25) is 5.02 Å². The number of aryl methyl sites for hydroxylation is 2. The van der Waals surface area contributed by atoms with Gasteiger partial charge in [0.2, 0.25) is 0 Å². The molecule has 1 aliphatic rings. The lowest BCUT2D eigenvalue weighted by Gasteiger charge is -2.27. The lowest BCUT2D eigenvalue weighted by molar-refractivity contribution is 0.318. The third-order valence-electron chi connectivity index (χ3n) is 5.66. The second-order valence-electron chi connectivity index (χ2n) is 8.97. The monoisotopic (exact) mass is 410 g/mol. The number of benzene rings is 1. The lowest BCUT2D eigenvalue weighted by Crippen LogP contribution is -2.43. The molecule has 0 unspecified atom stereocenters. The summed E-state index contributed by atoms with van der Waals surface area (Å²) < 4.78 is 1.94. The largest absolute Gasteiger partial charge is 0.358 e. The van der Waals surface area contributed by atoms with Crippen molar-refractivity contribution in [3.8, 4) is 22.4 Å². The summed E-state index contributed by atoms with van der Waals surface area (Å²) in [5.41, 5.74) is 6.22. The Balaban J connectivity index is 1.75. The van der Waals surface area contributed by atoms with Crippen LogP contribution in [0.3, 0.4) is 0 Å². The summed E-state index contributed by atoms with van der Waals surface area (Å²) in [5, 5.41) is 8.40. The van der Waals surface area contributed by atoms with E-state index in [0.717, 1.165) is 51.8 Å². The Hall–Kier alpha value is -2.37. The van der Waals surface area contributed by atoms with E-state index in [0.29, 0.717) is 11.6 Å². The molecule has 1 fully saturated rings. The molecule has 0 aliphatic carbocycles. The van der Waals surface area contributed by atoms with Crippen LogP contribution in [0.1, 0.15) is 43.6 Å². The second kappa shape index (κ2) is 7.15. The van der Waals surface area contributed by atoms with Gasteiger partial charge in [-0.3, -0.25) is 9.48 Å². The third-order valence-corrected chi connectivity index (χ3v) is 5.97. The van der Waals surface area contributed by atoms with Crippen LogP contribution in [-0.4, -0.2) is 27.9 Å².